The van der Waals surface area contributed by atoms with Crippen molar-refractivity contribution < 1.29 is 8.42 Å². The third-order valence-corrected chi connectivity index (χ3v) is 5.70. The lowest BCUT2D eigenvalue weighted by Gasteiger charge is -2.12. The molecular formula is C13H10Cl3NO2S2. The van der Waals surface area contributed by atoms with Gasteiger partial charge in [-0.3, -0.25) is 4.72 Å². The van der Waals surface area contributed by atoms with Gasteiger partial charge in [-0.1, -0.05) is 34.8 Å². The number of nitrogens with one attached hydrogen (secondary N) is 1. The maximum atomic E-state index is 12.5. The Labute approximate surface area is 142 Å². The predicted octanol–water partition coefficient (Wildman–Crippen LogP) is 5.17. The first-order chi connectivity index (χ1) is 9.83. The molecule has 1 N–H and O–H groups in total. The van der Waals surface area contributed by atoms with Crippen LogP contribution in [0.25, 0.3) is 0 Å². The Hall–Kier alpha value is -0.590. The van der Waals surface area contributed by atoms with Crippen LogP contribution in [0.5, 0.6) is 0 Å². The Morgan fingerprint density at radius 2 is 1.62 bits per heavy atom. The van der Waals surface area contributed by atoms with E-state index in [-0.39, 0.29) is 15.6 Å². The molecule has 0 aliphatic heterocycles. The maximum absolute atomic E-state index is 12.5. The molecule has 0 aliphatic carbocycles. The summed E-state index contributed by atoms with van der Waals surface area (Å²) >= 11 is 19.0. The molecule has 0 heterocycles. The Morgan fingerprint density at radius 3 is 2.24 bits per heavy atom. The van der Waals surface area contributed by atoms with Gasteiger partial charge in [-0.05, 0) is 42.7 Å². The molecule has 2 rings (SSSR count). The van der Waals surface area contributed by atoms with E-state index in [2.05, 4.69) is 4.72 Å². The Bertz CT molecular complexity index is 779. The van der Waals surface area contributed by atoms with Crippen LogP contribution >= 0.6 is 46.6 Å². The maximum Gasteiger partial charge on any atom is 0.263 e. The van der Waals surface area contributed by atoms with E-state index in [1.807, 2.05) is 0 Å². The minimum Gasteiger partial charge on any atom is -0.278 e. The van der Waals surface area contributed by atoms with Crippen LogP contribution in [0.4, 0.5) is 5.69 Å². The molecule has 0 atom stereocenters. The topological polar surface area (TPSA) is 46.2 Å². The molecule has 0 aromatic heterocycles. The van der Waals surface area contributed by atoms with Crippen LogP contribution in [0.2, 0.25) is 15.1 Å². The molecule has 0 fully saturated rings. The Balaban J connectivity index is 2.45. The van der Waals surface area contributed by atoms with E-state index in [4.69, 9.17) is 34.8 Å². The van der Waals surface area contributed by atoms with Crippen LogP contribution in [0.3, 0.4) is 0 Å². The summed E-state index contributed by atoms with van der Waals surface area (Å²) in [5.74, 6) is 0. The lowest BCUT2D eigenvalue weighted by Crippen LogP contribution is -2.14. The minimum atomic E-state index is -3.80. The molecule has 0 aliphatic rings. The first-order valence-electron chi connectivity index (χ1n) is 5.65. The van der Waals surface area contributed by atoms with Crippen molar-refractivity contribution in [1.29, 1.82) is 0 Å². The number of hydrogen-bond donors (Lipinski definition) is 1. The summed E-state index contributed by atoms with van der Waals surface area (Å²) in [6.07, 6.45) is 1.79. The van der Waals surface area contributed by atoms with E-state index in [1.54, 1.807) is 24.5 Å². The summed E-state index contributed by atoms with van der Waals surface area (Å²) in [4.78, 5) is 0.700. The van der Waals surface area contributed by atoms with Gasteiger partial charge in [0.25, 0.3) is 10.0 Å². The van der Waals surface area contributed by atoms with Crippen LogP contribution in [0, 0.1) is 0 Å². The van der Waals surface area contributed by atoms with Gasteiger partial charge in [-0.15, -0.1) is 11.8 Å². The minimum absolute atomic E-state index is 0.105. The van der Waals surface area contributed by atoms with E-state index in [0.29, 0.717) is 14.9 Å². The molecule has 112 valence electrons. The fourth-order valence-corrected chi connectivity index (χ4v) is 4.62. The highest BCUT2D eigenvalue weighted by Gasteiger charge is 2.20. The molecule has 0 bridgehead atoms. The van der Waals surface area contributed by atoms with Crippen molar-refractivity contribution in [2.75, 3.05) is 11.0 Å². The standard InChI is InChI=1S/C13H10Cl3NO2S2/c1-20-12-5-3-9(15)7-13(12)21(18,19)17-11-4-2-8(14)6-10(11)16/h2-7,17H,1H3. The van der Waals surface area contributed by atoms with Crippen molar-refractivity contribution in [2.45, 2.75) is 9.79 Å². The first kappa shape index (κ1) is 16.8. The van der Waals surface area contributed by atoms with Gasteiger partial charge in [-0.2, -0.15) is 0 Å². The van der Waals surface area contributed by atoms with Crippen LogP contribution in [0.15, 0.2) is 46.2 Å². The summed E-state index contributed by atoms with van der Waals surface area (Å²) in [6.45, 7) is 0. The van der Waals surface area contributed by atoms with Gasteiger partial charge >= 0.3 is 0 Å². The fourth-order valence-electron chi connectivity index (χ4n) is 1.63. The average molecular weight is 383 g/mol. The zero-order valence-electron chi connectivity index (χ0n) is 10.7. The SMILES string of the molecule is CSc1ccc(Cl)cc1S(=O)(=O)Nc1ccc(Cl)cc1Cl. The van der Waals surface area contributed by atoms with Crippen molar-refractivity contribution >= 4 is 62.3 Å². The largest absolute Gasteiger partial charge is 0.278 e. The summed E-state index contributed by atoms with van der Waals surface area (Å²) in [7, 11) is -3.80. The number of hydrogen-bond acceptors (Lipinski definition) is 3. The monoisotopic (exact) mass is 381 g/mol. The summed E-state index contributed by atoms with van der Waals surface area (Å²) in [5, 5.41) is 0.990. The second-order valence-corrected chi connectivity index (χ2v) is 7.80. The number of sulfonamides is 1. The van der Waals surface area contributed by atoms with Gasteiger partial charge in [-0.25, -0.2) is 8.42 Å². The van der Waals surface area contributed by atoms with Gasteiger partial charge in [0.2, 0.25) is 0 Å². The van der Waals surface area contributed by atoms with E-state index in [0.717, 1.165) is 0 Å². The lowest BCUT2D eigenvalue weighted by atomic mass is 10.3. The molecule has 21 heavy (non-hydrogen) atoms. The lowest BCUT2D eigenvalue weighted by molar-refractivity contribution is 0.599. The number of thioether (sulfide) groups is 1. The van der Waals surface area contributed by atoms with E-state index in [9.17, 15) is 8.42 Å². The highest BCUT2D eigenvalue weighted by atomic mass is 35.5. The average Bonchev–Trinajstić information content (AvgIpc) is 2.42. The van der Waals surface area contributed by atoms with Crippen molar-refractivity contribution in [2.24, 2.45) is 0 Å². The van der Waals surface area contributed by atoms with Crippen LogP contribution in [-0.4, -0.2) is 14.7 Å². The molecule has 3 nitrogen and oxygen atoms in total. The summed E-state index contributed by atoms with van der Waals surface area (Å²) in [6, 6.07) is 9.23. The van der Waals surface area contributed by atoms with Crippen molar-refractivity contribution in [3.8, 4) is 0 Å². The second kappa shape index (κ2) is 6.67. The zero-order valence-corrected chi connectivity index (χ0v) is 14.6. The Kier molecular flexibility index (Phi) is 5.33. The smallest absolute Gasteiger partial charge is 0.263 e. The number of halogens is 3. The number of benzene rings is 2. The van der Waals surface area contributed by atoms with Crippen molar-refractivity contribution in [3.63, 3.8) is 0 Å². The normalized spacial score (nSPS) is 11.4. The summed E-state index contributed by atoms with van der Waals surface area (Å²) < 4.78 is 27.4. The van der Waals surface area contributed by atoms with Gasteiger partial charge < -0.3 is 0 Å². The van der Waals surface area contributed by atoms with Gasteiger partial charge in [0.15, 0.2) is 0 Å². The first-order valence-corrected chi connectivity index (χ1v) is 9.49. The fraction of sp³-hybridized carbons (Fsp3) is 0.0769. The zero-order chi connectivity index (χ0) is 15.6. The van der Waals surface area contributed by atoms with Crippen LogP contribution in [-0.2, 0) is 10.0 Å². The van der Waals surface area contributed by atoms with E-state index in [1.165, 1.54) is 30.0 Å². The van der Waals surface area contributed by atoms with E-state index >= 15 is 0 Å². The highest BCUT2D eigenvalue weighted by Crippen LogP contribution is 2.31. The molecule has 0 saturated carbocycles. The van der Waals surface area contributed by atoms with Crippen LogP contribution in [0.1, 0.15) is 0 Å². The third-order valence-electron chi connectivity index (χ3n) is 2.59. The molecule has 8 heteroatoms. The molecular weight excluding hydrogens is 373 g/mol. The second-order valence-electron chi connectivity index (χ2n) is 4.02. The van der Waals surface area contributed by atoms with Gasteiger partial charge in [0.1, 0.15) is 4.90 Å². The van der Waals surface area contributed by atoms with Gasteiger partial charge in [0, 0.05) is 14.9 Å². The van der Waals surface area contributed by atoms with Crippen molar-refractivity contribution in [3.05, 3.63) is 51.5 Å². The summed E-state index contributed by atoms with van der Waals surface area (Å²) in [5.41, 5.74) is 0.257. The van der Waals surface area contributed by atoms with Gasteiger partial charge in [0.05, 0.1) is 10.7 Å². The number of rotatable bonds is 4. The van der Waals surface area contributed by atoms with Crippen molar-refractivity contribution in [1.82, 2.24) is 0 Å². The molecule has 2 aromatic carbocycles. The molecule has 0 saturated heterocycles. The third kappa shape index (κ3) is 3.99. The predicted molar refractivity (Wildman–Crippen MR) is 90.5 cm³/mol. The molecule has 2 aromatic rings. The molecule has 0 unspecified atom stereocenters. The number of anilines is 1. The quantitative estimate of drug-likeness (QED) is 0.742. The highest BCUT2D eigenvalue weighted by molar-refractivity contribution is 7.99. The van der Waals surface area contributed by atoms with Crippen LogP contribution < -0.4 is 4.72 Å². The molecule has 0 radical (unpaired) electrons. The van der Waals surface area contributed by atoms with E-state index < -0.39 is 10.0 Å². The molecule has 0 amide bonds. The Morgan fingerprint density at radius 1 is 1.00 bits per heavy atom. The molecule has 0 spiro atoms.